The predicted octanol–water partition coefficient (Wildman–Crippen LogP) is -1.03. The van der Waals surface area contributed by atoms with Crippen molar-refractivity contribution in [2.24, 2.45) is 5.92 Å². The van der Waals surface area contributed by atoms with Crippen LogP contribution in [-0.2, 0) is 9.53 Å². The van der Waals surface area contributed by atoms with Crippen LogP contribution >= 0.6 is 0 Å². The molecule has 0 spiro atoms. The lowest BCUT2D eigenvalue weighted by Gasteiger charge is -2.10. The highest BCUT2D eigenvalue weighted by molar-refractivity contribution is 5.78. The molecular formula is C7H14N2O2. The van der Waals surface area contributed by atoms with E-state index in [1.54, 1.807) is 7.05 Å². The van der Waals surface area contributed by atoms with Crippen LogP contribution in [0.15, 0.2) is 0 Å². The number of hydrogen-bond donors (Lipinski definition) is 2. The van der Waals surface area contributed by atoms with Gasteiger partial charge in [-0.05, 0) is 0 Å². The second-order valence-electron chi connectivity index (χ2n) is 2.59. The van der Waals surface area contributed by atoms with Crippen LogP contribution in [0.3, 0.4) is 0 Å². The number of amides is 1. The Morgan fingerprint density at radius 2 is 2.55 bits per heavy atom. The van der Waals surface area contributed by atoms with Gasteiger partial charge in [0, 0.05) is 20.1 Å². The largest absolute Gasteiger partial charge is 0.379 e. The summed E-state index contributed by atoms with van der Waals surface area (Å²) in [6, 6.07) is 0. The van der Waals surface area contributed by atoms with Crippen molar-refractivity contribution in [2.45, 2.75) is 0 Å². The van der Waals surface area contributed by atoms with Crippen LogP contribution in [0, 0.1) is 5.92 Å². The Morgan fingerprint density at radius 3 is 3.27 bits per heavy atom. The molecule has 0 bridgehead atoms. The molecule has 11 heavy (non-hydrogen) atoms. The molecule has 1 fully saturated rings. The zero-order valence-corrected chi connectivity index (χ0v) is 6.72. The van der Waals surface area contributed by atoms with Gasteiger partial charge in [-0.15, -0.1) is 0 Å². The number of carbonyl (C=O) groups excluding carboxylic acids is 1. The highest BCUT2D eigenvalue weighted by atomic mass is 16.5. The van der Waals surface area contributed by atoms with Crippen molar-refractivity contribution in [3.8, 4) is 0 Å². The van der Waals surface area contributed by atoms with Gasteiger partial charge >= 0.3 is 0 Å². The fourth-order valence-corrected chi connectivity index (χ4v) is 1.08. The first-order valence-electron chi connectivity index (χ1n) is 3.84. The van der Waals surface area contributed by atoms with Crippen LogP contribution in [0.2, 0.25) is 0 Å². The molecule has 0 unspecified atom stereocenters. The van der Waals surface area contributed by atoms with E-state index in [4.69, 9.17) is 4.74 Å². The van der Waals surface area contributed by atoms with E-state index in [1.807, 2.05) is 0 Å². The van der Waals surface area contributed by atoms with Crippen molar-refractivity contribution < 1.29 is 9.53 Å². The van der Waals surface area contributed by atoms with Gasteiger partial charge in [0.1, 0.15) is 0 Å². The lowest BCUT2D eigenvalue weighted by Crippen LogP contribution is -2.35. The Morgan fingerprint density at radius 1 is 1.73 bits per heavy atom. The van der Waals surface area contributed by atoms with Gasteiger partial charge in [-0.3, -0.25) is 4.79 Å². The third kappa shape index (κ3) is 2.48. The van der Waals surface area contributed by atoms with E-state index in [0.717, 1.165) is 13.1 Å². The van der Waals surface area contributed by atoms with E-state index in [1.165, 1.54) is 0 Å². The second kappa shape index (κ2) is 4.31. The Hall–Kier alpha value is -0.610. The van der Waals surface area contributed by atoms with Gasteiger partial charge in [-0.25, -0.2) is 0 Å². The predicted molar refractivity (Wildman–Crippen MR) is 41.2 cm³/mol. The molecule has 2 N–H and O–H groups in total. The summed E-state index contributed by atoms with van der Waals surface area (Å²) in [7, 11) is 1.65. The second-order valence-corrected chi connectivity index (χ2v) is 2.59. The van der Waals surface area contributed by atoms with Crippen molar-refractivity contribution >= 4 is 5.91 Å². The third-order valence-electron chi connectivity index (χ3n) is 1.75. The Balaban J connectivity index is 2.36. The van der Waals surface area contributed by atoms with Crippen molar-refractivity contribution in [3.63, 3.8) is 0 Å². The number of hydrogen-bond acceptors (Lipinski definition) is 3. The molecule has 0 aromatic heterocycles. The lowest BCUT2D eigenvalue weighted by molar-refractivity contribution is -0.125. The minimum Gasteiger partial charge on any atom is -0.379 e. The zero-order valence-electron chi connectivity index (χ0n) is 6.72. The molecule has 0 saturated carbocycles. The van der Waals surface area contributed by atoms with E-state index in [-0.39, 0.29) is 11.8 Å². The van der Waals surface area contributed by atoms with Gasteiger partial charge in [0.15, 0.2) is 0 Å². The molecule has 4 nitrogen and oxygen atoms in total. The Kier molecular flexibility index (Phi) is 3.32. The fraction of sp³-hybridized carbons (Fsp3) is 0.857. The van der Waals surface area contributed by atoms with Gasteiger partial charge < -0.3 is 15.4 Å². The van der Waals surface area contributed by atoms with Crippen molar-refractivity contribution in [1.29, 1.82) is 0 Å². The average Bonchev–Trinajstić information content (AvgIpc) is 2.30. The number of rotatable bonds is 1. The minimum absolute atomic E-state index is 0.0255. The van der Waals surface area contributed by atoms with E-state index >= 15 is 0 Å². The quantitative estimate of drug-likeness (QED) is 0.513. The van der Waals surface area contributed by atoms with Crippen molar-refractivity contribution in [3.05, 3.63) is 0 Å². The molecule has 1 heterocycles. The van der Waals surface area contributed by atoms with E-state index in [2.05, 4.69) is 10.6 Å². The monoisotopic (exact) mass is 158 g/mol. The van der Waals surface area contributed by atoms with Crippen LogP contribution in [0.4, 0.5) is 0 Å². The van der Waals surface area contributed by atoms with Crippen LogP contribution in [0.5, 0.6) is 0 Å². The van der Waals surface area contributed by atoms with Crippen LogP contribution in [0.25, 0.3) is 0 Å². The molecule has 0 radical (unpaired) electrons. The molecule has 1 aliphatic heterocycles. The summed E-state index contributed by atoms with van der Waals surface area (Å²) < 4.78 is 5.21. The maximum absolute atomic E-state index is 11.1. The third-order valence-corrected chi connectivity index (χ3v) is 1.75. The molecule has 1 amide bonds. The molecule has 1 aliphatic rings. The molecule has 4 heteroatoms. The summed E-state index contributed by atoms with van der Waals surface area (Å²) in [6.45, 7) is 2.80. The molecule has 0 aromatic rings. The van der Waals surface area contributed by atoms with Crippen LogP contribution in [0.1, 0.15) is 0 Å². The van der Waals surface area contributed by atoms with Gasteiger partial charge in [0.25, 0.3) is 0 Å². The highest BCUT2D eigenvalue weighted by Gasteiger charge is 2.18. The van der Waals surface area contributed by atoms with Gasteiger partial charge in [-0.1, -0.05) is 0 Å². The summed E-state index contributed by atoms with van der Waals surface area (Å²) in [5.41, 5.74) is 0. The summed E-state index contributed by atoms with van der Waals surface area (Å²) in [6.07, 6.45) is 0. The van der Waals surface area contributed by atoms with E-state index in [9.17, 15) is 4.79 Å². The summed E-state index contributed by atoms with van der Waals surface area (Å²) in [4.78, 5) is 11.1. The first-order chi connectivity index (χ1) is 5.34. The fourth-order valence-electron chi connectivity index (χ4n) is 1.08. The molecular weight excluding hydrogens is 144 g/mol. The number of nitrogens with one attached hydrogen (secondary N) is 2. The highest BCUT2D eigenvalue weighted by Crippen LogP contribution is 1.98. The normalized spacial score (nSPS) is 25.7. The van der Waals surface area contributed by atoms with Crippen LogP contribution < -0.4 is 10.6 Å². The minimum atomic E-state index is -0.0255. The first kappa shape index (κ1) is 8.49. The van der Waals surface area contributed by atoms with Gasteiger partial charge in [-0.2, -0.15) is 0 Å². The van der Waals surface area contributed by atoms with E-state index < -0.39 is 0 Å². The standard InChI is InChI=1S/C7H14N2O2/c1-8-7(10)6-4-9-2-3-11-5-6/h6,9H,2-5H2,1H3,(H,8,10)/t6-/m1/s1. The van der Waals surface area contributed by atoms with Crippen molar-refractivity contribution in [1.82, 2.24) is 10.6 Å². The Bertz CT molecular complexity index is 130. The molecule has 64 valence electrons. The molecule has 1 rings (SSSR count). The topological polar surface area (TPSA) is 50.4 Å². The maximum Gasteiger partial charge on any atom is 0.226 e. The summed E-state index contributed by atoms with van der Waals surface area (Å²) in [5, 5.41) is 5.73. The Labute approximate surface area is 66.3 Å². The zero-order chi connectivity index (χ0) is 8.10. The molecule has 1 atom stereocenters. The lowest BCUT2D eigenvalue weighted by atomic mass is 10.1. The summed E-state index contributed by atoms with van der Waals surface area (Å²) in [5.74, 6) is 0.0295. The number of carbonyl (C=O) groups is 1. The van der Waals surface area contributed by atoms with Gasteiger partial charge in [0.05, 0.1) is 19.1 Å². The molecule has 1 saturated heterocycles. The number of ether oxygens (including phenoxy) is 1. The molecule has 0 aliphatic carbocycles. The molecule has 0 aromatic carbocycles. The van der Waals surface area contributed by atoms with E-state index in [0.29, 0.717) is 13.2 Å². The van der Waals surface area contributed by atoms with Crippen molar-refractivity contribution in [2.75, 3.05) is 33.4 Å². The smallest absolute Gasteiger partial charge is 0.226 e. The SMILES string of the molecule is CNC(=O)[C@@H]1CNCCOC1. The maximum atomic E-state index is 11.1. The average molecular weight is 158 g/mol. The summed E-state index contributed by atoms with van der Waals surface area (Å²) >= 11 is 0. The first-order valence-corrected chi connectivity index (χ1v) is 3.84. The van der Waals surface area contributed by atoms with Gasteiger partial charge in [0.2, 0.25) is 5.91 Å². The van der Waals surface area contributed by atoms with Crippen LogP contribution in [-0.4, -0.2) is 39.3 Å².